The molecule has 0 fully saturated rings. The summed E-state index contributed by atoms with van der Waals surface area (Å²) in [7, 11) is 0. The Morgan fingerprint density at radius 2 is 2.31 bits per heavy atom. The highest BCUT2D eigenvalue weighted by atomic mass is 35.5. The molecule has 1 N–H and O–H groups in total. The normalized spacial score (nSPS) is 16.8. The van der Waals surface area contributed by atoms with Gasteiger partial charge < -0.3 is 0 Å². The van der Waals surface area contributed by atoms with Crippen LogP contribution in [0.25, 0.3) is 0 Å². The molecule has 1 aliphatic carbocycles. The molecule has 0 bridgehead atoms. The number of hydrogen-bond donors (Lipinski definition) is 1. The van der Waals surface area contributed by atoms with E-state index in [-0.39, 0.29) is 5.88 Å². The third-order valence-corrected chi connectivity index (χ3v) is 2.11. The van der Waals surface area contributed by atoms with Gasteiger partial charge in [0.1, 0.15) is 5.88 Å². The topological polar surface area (TPSA) is 58.5 Å². The van der Waals surface area contributed by atoms with E-state index in [1.54, 1.807) is 18.2 Å². The van der Waals surface area contributed by atoms with E-state index < -0.39 is 11.9 Å². The largest absolute Gasteiger partial charge is 0.347 e. The Kier molecular flexibility index (Phi) is 4.66. The lowest BCUT2D eigenvalue weighted by Gasteiger charge is -2.04. The number of alkyl halides is 1. The molecule has 0 atom stereocenters. The highest BCUT2D eigenvalue weighted by molar-refractivity contribution is 6.28. The number of carbonyl (C=O) groups is 2. The van der Waals surface area contributed by atoms with E-state index in [0.29, 0.717) is 12.1 Å². The molecule has 0 aliphatic heterocycles. The van der Waals surface area contributed by atoms with Gasteiger partial charge in [-0.1, -0.05) is 24.8 Å². The first kappa shape index (κ1) is 12.4. The molecular formula is C11H11ClN2O2. The van der Waals surface area contributed by atoms with Crippen LogP contribution in [0.5, 0.6) is 0 Å². The maximum absolute atomic E-state index is 11.2. The van der Waals surface area contributed by atoms with Gasteiger partial charge >= 0.3 is 6.03 Å². The summed E-state index contributed by atoms with van der Waals surface area (Å²) in [6, 6.07) is -0.694. The second kappa shape index (κ2) is 6.02. The van der Waals surface area contributed by atoms with E-state index in [0.717, 1.165) is 5.57 Å². The van der Waals surface area contributed by atoms with E-state index >= 15 is 0 Å². The fourth-order valence-electron chi connectivity index (χ4n) is 1.10. The maximum Gasteiger partial charge on any atom is 0.347 e. The Morgan fingerprint density at radius 3 is 2.81 bits per heavy atom. The van der Waals surface area contributed by atoms with Gasteiger partial charge in [-0.05, 0) is 11.6 Å². The van der Waals surface area contributed by atoms with Crippen LogP contribution in [0.4, 0.5) is 4.79 Å². The molecule has 0 unspecified atom stereocenters. The van der Waals surface area contributed by atoms with Gasteiger partial charge in [-0.25, -0.2) is 4.79 Å². The molecule has 0 aromatic carbocycles. The van der Waals surface area contributed by atoms with Crippen LogP contribution in [-0.2, 0) is 4.79 Å². The number of aliphatic imine (C=N–C) groups is 1. The number of urea groups is 1. The number of amides is 3. The monoisotopic (exact) mass is 238 g/mol. The lowest BCUT2D eigenvalue weighted by atomic mass is 10.1. The quantitative estimate of drug-likeness (QED) is 0.748. The van der Waals surface area contributed by atoms with Crippen molar-refractivity contribution in [2.24, 2.45) is 4.99 Å². The van der Waals surface area contributed by atoms with Crippen LogP contribution in [0.3, 0.4) is 0 Å². The molecule has 16 heavy (non-hydrogen) atoms. The average Bonchev–Trinajstić information content (AvgIpc) is 2.29. The summed E-state index contributed by atoms with van der Waals surface area (Å²) < 4.78 is 0. The SMILES string of the molecule is C=CC1=CCC(=NC(=O)NC(=O)CCl)C=C1. The second-order valence-corrected chi connectivity index (χ2v) is 3.30. The maximum atomic E-state index is 11.2. The summed E-state index contributed by atoms with van der Waals surface area (Å²) in [5.74, 6) is -0.814. The minimum atomic E-state index is -0.694. The second-order valence-electron chi connectivity index (χ2n) is 3.04. The lowest BCUT2D eigenvalue weighted by molar-refractivity contribution is -0.117. The highest BCUT2D eigenvalue weighted by Gasteiger charge is 2.06. The van der Waals surface area contributed by atoms with Gasteiger partial charge in [-0.3, -0.25) is 10.1 Å². The molecule has 3 amide bonds. The van der Waals surface area contributed by atoms with Crippen molar-refractivity contribution in [2.75, 3.05) is 5.88 Å². The molecule has 1 rings (SSSR count). The predicted octanol–water partition coefficient (Wildman–Crippen LogP) is 1.97. The Balaban J connectivity index is 2.57. The van der Waals surface area contributed by atoms with Gasteiger partial charge in [0.05, 0.1) is 0 Å². The van der Waals surface area contributed by atoms with Crippen molar-refractivity contribution in [3.63, 3.8) is 0 Å². The summed E-state index contributed by atoms with van der Waals surface area (Å²) in [5, 5.41) is 2.03. The number of rotatable bonds is 2. The summed E-state index contributed by atoms with van der Waals surface area (Å²) in [6.45, 7) is 3.62. The predicted molar refractivity (Wildman–Crippen MR) is 63.7 cm³/mol. The third kappa shape index (κ3) is 3.82. The zero-order valence-electron chi connectivity index (χ0n) is 8.57. The van der Waals surface area contributed by atoms with Gasteiger partial charge in [0.2, 0.25) is 5.91 Å². The first-order chi connectivity index (χ1) is 7.65. The van der Waals surface area contributed by atoms with Crippen LogP contribution in [0.1, 0.15) is 6.42 Å². The lowest BCUT2D eigenvalue weighted by Crippen LogP contribution is -2.29. The van der Waals surface area contributed by atoms with Gasteiger partial charge in [0, 0.05) is 12.1 Å². The number of nitrogens with one attached hydrogen (secondary N) is 1. The third-order valence-electron chi connectivity index (χ3n) is 1.86. The van der Waals surface area contributed by atoms with Crippen molar-refractivity contribution in [3.05, 3.63) is 36.5 Å². The van der Waals surface area contributed by atoms with Crippen LogP contribution >= 0.6 is 11.6 Å². The summed E-state index contributed by atoms with van der Waals surface area (Å²) in [4.78, 5) is 25.7. The number of allylic oxidation sites excluding steroid dienone is 5. The van der Waals surface area contributed by atoms with Crippen LogP contribution in [-0.4, -0.2) is 23.5 Å². The van der Waals surface area contributed by atoms with Crippen molar-refractivity contribution >= 4 is 29.3 Å². The van der Waals surface area contributed by atoms with Crippen molar-refractivity contribution in [2.45, 2.75) is 6.42 Å². The van der Waals surface area contributed by atoms with Gasteiger partial charge in [-0.2, -0.15) is 4.99 Å². The van der Waals surface area contributed by atoms with Crippen molar-refractivity contribution in [1.82, 2.24) is 5.32 Å². The molecule has 0 aromatic rings. The molecule has 5 heteroatoms. The molecule has 0 saturated heterocycles. The van der Waals surface area contributed by atoms with E-state index in [9.17, 15) is 9.59 Å². The van der Waals surface area contributed by atoms with E-state index in [4.69, 9.17) is 11.6 Å². The van der Waals surface area contributed by atoms with Crippen LogP contribution in [0, 0.1) is 0 Å². The number of hydrogen-bond acceptors (Lipinski definition) is 2. The van der Waals surface area contributed by atoms with Crippen molar-refractivity contribution in [3.8, 4) is 0 Å². The minimum absolute atomic E-state index is 0.257. The molecule has 0 saturated carbocycles. The minimum Gasteiger partial charge on any atom is -0.275 e. The average molecular weight is 239 g/mol. The smallest absolute Gasteiger partial charge is 0.275 e. The van der Waals surface area contributed by atoms with E-state index in [1.807, 2.05) is 11.4 Å². The standard InChI is InChI=1S/C11H11ClN2O2/c1-2-8-3-5-9(6-4-8)13-11(16)14-10(15)7-12/h2-5H,1,6-7H2,(H,14,15,16). The fourth-order valence-corrected chi connectivity index (χ4v) is 1.16. The summed E-state index contributed by atoms with van der Waals surface area (Å²) in [5.41, 5.74) is 1.57. The molecule has 0 spiro atoms. The first-order valence-electron chi connectivity index (χ1n) is 4.63. The molecule has 0 radical (unpaired) electrons. The number of carbonyl (C=O) groups excluding carboxylic acids is 2. The zero-order chi connectivity index (χ0) is 12.0. The Bertz CT molecular complexity index is 408. The van der Waals surface area contributed by atoms with Crippen molar-refractivity contribution < 1.29 is 9.59 Å². The molecule has 1 aliphatic rings. The fraction of sp³-hybridized carbons (Fsp3) is 0.182. The van der Waals surface area contributed by atoms with Crippen LogP contribution < -0.4 is 5.32 Å². The number of imide groups is 1. The summed E-state index contributed by atoms with van der Waals surface area (Å²) >= 11 is 5.23. The zero-order valence-corrected chi connectivity index (χ0v) is 9.33. The van der Waals surface area contributed by atoms with E-state index in [2.05, 4.69) is 11.6 Å². The Hall–Kier alpha value is -1.68. The molecular weight excluding hydrogens is 228 g/mol. The van der Waals surface area contributed by atoms with Crippen LogP contribution in [0.15, 0.2) is 41.4 Å². The Morgan fingerprint density at radius 1 is 1.56 bits per heavy atom. The van der Waals surface area contributed by atoms with E-state index in [1.165, 1.54) is 0 Å². The number of halogens is 1. The van der Waals surface area contributed by atoms with Gasteiger partial charge in [0.15, 0.2) is 0 Å². The Labute approximate surface area is 98.4 Å². The molecule has 0 heterocycles. The van der Waals surface area contributed by atoms with Gasteiger partial charge in [0.25, 0.3) is 0 Å². The highest BCUT2D eigenvalue weighted by Crippen LogP contribution is 2.08. The number of nitrogens with zero attached hydrogens (tertiary/aromatic N) is 1. The molecule has 4 nitrogen and oxygen atoms in total. The van der Waals surface area contributed by atoms with Gasteiger partial charge in [-0.15, -0.1) is 11.6 Å². The first-order valence-corrected chi connectivity index (χ1v) is 5.17. The molecule has 0 aromatic heterocycles. The summed E-state index contributed by atoms with van der Waals surface area (Å²) in [6.07, 6.45) is 7.65. The van der Waals surface area contributed by atoms with Crippen molar-refractivity contribution in [1.29, 1.82) is 0 Å². The molecule has 84 valence electrons. The van der Waals surface area contributed by atoms with Crippen LogP contribution in [0.2, 0.25) is 0 Å².